The molecule has 1 heterocycles. The van der Waals surface area contributed by atoms with E-state index in [4.69, 9.17) is 0 Å². The summed E-state index contributed by atoms with van der Waals surface area (Å²) >= 11 is 0. The van der Waals surface area contributed by atoms with Gasteiger partial charge < -0.3 is 9.84 Å². The minimum Gasteiger partial charge on any atom is -0.390 e. The van der Waals surface area contributed by atoms with Crippen molar-refractivity contribution in [3.05, 3.63) is 18.0 Å². The zero-order valence-corrected chi connectivity index (χ0v) is 9.69. The zero-order chi connectivity index (χ0) is 13.8. The van der Waals surface area contributed by atoms with Gasteiger partial charge in [-0.2, -0.15) is 13.9 Å². The van der Waals surface area contributed by atoms with Crippen LogP contribution in [0.25, 0.3) is 0 Å². The van der Waals surface area contributed by atoms with Crippen molar-refractivity contribution in [2.75, 3.05) is 13.2 Å². The fourth-order valence-electron chi connectivity index (χ4n) is 1.30. The molecule has 0 saturated heterocycles. The molecule has 0 saturated carbocycles. The molecule has 0 aliphatic rings. The molecular formula is C10H14F4N2O2. The van der Waals surface area contributed by atoms with Gasteiger partial charge >= 0.3 is 12.3 Å². The van der Waals surface area contributed by atoms with Crippen LogP contribution in [0.5, 0.6) is 0 Å². The van der Waals surface area contributed by atoms with Crippen LogP contribution in [0.1, 0.15) is 5.56 Å². The zero-order valence-electron chi connectivity index (χ0n) is 9.69. The van der Waals surface area contributed by atoms with Gasteiger partial charge in [0, 0.05) is 19.7 Å². The SMILES string of the molecule is Cn1cc(CC(O)COCC(F)(F)C(F)F)cn1. The predicted octanol–water partition coefficient (Wildman–Crippen LogP) is 1.24. The van der Waals surface area contributed by atoms with Gasteiger partial charge in [-0.05, 0) is 5.56 Å². The summed E-state index contributed by atoms with van der Waals surface area (Å²) in [5.74, 6) is -4.19. The van der Waals surface area contributed by atoms with Gasteiger partial charge in [0.25, 0.3) is 0 Å². The lowest BCUT2D eigenvalue weighted by molar-refractivity contribution is -0.170. The van der Waals surface area contributed by atoms with Gasteiger partial charge in [-0.1, -0.05) is 0 Å². The molecule has 1 aromatic rings. The largest absolute Gasteiger partial charge is 0.390 e. The van der Waals surface area contributed by atoms with Crippen molar-refractivity contribution < 1.29 is 27.4 Å². The summed E-state index contributed by atoms with van der Waals surface area (Å²) in [6, 6.07) is 0. The highest BCUT2D eigenvalue weighted by Gasteiger charge is 2.41. The Kier molecular flexibility index (Phi) is 5.09. The van der Waals surface area contributed by atoms with E-state index in [0.29, 0.717) is 5.56 Å². The van der Waals surface area contributed by atoms with Gasteiger partial charge in [0.2, 0.25) is 0 Å². The quantitative estimate of drug-likeness (QED) is 0.758. The number of aliphatic hydroxyl groups is 1. The van der Waals surface area contributed by atoms with Crippen LogP contribution in [0.2, 0.25) is 0 Å². The first-order chi connectivity index (χ1) is 8.31. The Labute approximate surface area is 101 Å². The molecule has 1 unspecified atom stereocenters. The monoisotopic (exact) mass is 270 g/mol. The molecule has 1 N–H and O–H groups in total. The molecule has 1 aromatic heterocycles. The Morgan fingerprint density at radius 2 is 2.17 bits per heavy atom. The van der Waals surface area contributed by atoms with E-state index in [2.05, 4.69) is 9.84 Å². The lowest BCUT2D eigenvalue weighted by Gasteiger charge is -2.16. The van der Waals surface area contributed by atoms with Crippen molar-refractivity contribution in [1.29, 1.82) is 0 Å². The summed E-state index contributed by atoms with van der Waals surface area (Å²) < 4.78 is 54.4. The van der Waals surface area contributed by atoms with Crippen molar-refractivity contribution in [2.45, 2.75) is 24.9 Å². The Morgan fingerprint density at radius 3 is 2.67 bits per heavy atom. The van der Waals surface area contributed by atoms with E-state index in [0.717, 1.165) is 0 Å². The maximum Gasteiger partial charge on any atom is 0.330 e. The molecule has 0 bridgehead atoms. The Bertz CT molecular complexity index is 371. The predicted molar refractivity (Wildman–Crippen MR) is 54.7 cm³/mol. The van der Waals surface area contributed by atoms with Crippen LogP contribution < -0.4 is 0 Å². The topological polar surface area (TPSA) is 47.3 Å². The third-order valence-electron chi connectivity index (χ3n) is 2.15. The molecule has 104 valence electrons. The van der Waals surface area contributed by atoms with Crippen molar-refractivity contribution in [1.82, 2.24) is 9.78 Å². The first-order valence-corrected chi connectivity index (χ1v) is 5.20. The normalized spacial score (nSPS) is 14.2. The van der Waals surface area contributed by atoms with Crippen LogP contribution in [-0.4, -0.2) is 46.6 Å². The van der Waals surface area contributed by atoms with Crippen LogP contribution in [0.15, 0.2) is 12.4 Å². The van der Waals surface area contributed by atoms with Gasteiger partial charge in [0.15, 0.2) is 0 Å². The van der Waals surface area contributed by atoms with Crippen LogP contribution in [0, 0.1) is 0 Å². The number of alkyl halides is 4. The lowest BCUT2D eigenvalue weighted by Crippen LogP contribution is -2.34. The summed E-state index contributed by atoms with van der Waals surface area (Å²) in [4.78, 5) is 0. The Morgan fingerprint density at radius 1 is 1.50 bits per heavy atom. The van der Waals surface area contributed by atoms with Crippen LogP contribution in [0.4, 0.5) is 17.6 Å². The molecule has 8 heteroatoms. The standard InChI is InChI=1S/C10H14F4N2O2/c1-16-4-7(3-15-16)2-8(17)5-18-6-10(13,14)9(11)12/h3-4,8-9,17H,2,5-6H2,1H3. The van der Waals surface area contributed by atoms with Gasteiger partial charge in [-0.25, -0.2) is 8.78 Å². The molecule has 0 fully saturated rings. The van der Waals surface area contributed by atoms with E-state index in [9.17, 15) is 22.7 Å². The van der Waals surface area contributed by atoms with E-state index >= 15 is 0 Å². The first kappa shape index (κ1) is 14.9. The third-order valence-corrected chi connectivity index (χ3v) is 2.15. The average Bonchev–Trinajstić information content (AvgIpc) is 2.63. The molecule has 0 amide bonds. The van der Waals surface area contributed by atoms with Gasteiger partial charge in [-0.15, -0.1) is 0 Å². The number of ether oxygens (including phenoxy) is 1. The molecule has 1 rings (SSSR count). The second kappa shape index (κ2) is 6.14. The van der Waals surface area contributed by atoms with Crippen LogP contribution in [-0.2, 0) is 18.2 Å². The lowest BCUT2D eigenvalue weighted by atomic mass is 10.2. The van der Waals surface area contributed by atoms with Crippen molar-refractivity contribution >= 4 is 0 Å². The second-order valence-electron chi connectivity index (χ2n) is 3.96. The molecule has 4 nitrogen and oxygen atoms in total. The van der Waals surface area contributed by atoms with E-state index in [1.54, 1.807) is 13.2 Å². The molecule has 1 atom stereocenters. The maximum atomic E-state index is 12.5. The van der Waals surface area contributed by atoms with E-state index < -0.39 is 31.7 Å². The number of aryl methyl sites for hydroxylation is 1. The number of aromatic nitrogens is 2. The fourth-order valence-corrected chi connectivity index (χ4v) is 1.30. The number of hydrogen-bond donors (Lipinski definition) is 1. The molecule has 0 aliphatic heterocycles. The summed E-state index contributed by atoms with van der Waals surface area (Å²) in [7, 11) is 1.69. The first-order valence-electron chi connectivity index (χ1n) is 5.20. The smallest absolute Gasteiger partial charge is 0.330 e. The summed E-state index contributed by atoms with van der Waals surface area (Å²) in [5, 5.41) is 13.3. The highest BCUT2D eigenvalue weighted by Crippen LogP contribution is 2.22. The van der Waals surface area contributed by atoms with Crippen molar-refractivity contribution in [3.8, 4) is 0 Å². The Hall–Kier alpha value is -1.15. The molecule has 0 aromatic carbocycles. The molecular weight excluding hydrogens is 256 g/mol. The number of hydrogen-bond acceptors (Lipinski definition) is 3. The number of halogens is 4. The van der Waals surface area contributed by atoms with Gasteiger partial charge in [0.1, 0.15) is 6.61 Å². The highest BCUT2D eigenvalue weighted by atomic mass is 19.3. The van der Waals surface area contributed by atoms with E-state index in [1.165, 1.54) is 10.9 Å². The Balaban J connectivity index is 2.27. The number of aliphatic hydroxyl groups excluding tert-OH is 1. The van der Waals surface area contributed by atoms with Gasteiger partial charge in [-0.3, -0.25) is 4.68 Å². The summed E-state index contributed by atoms with van der Waals surface area (Å²) in [6.07, 6.45) is -1.49. The highest BCUT2D eigenvalue weighted by molar-refractivity contribution is 5.04. The fraction of sp³-hybridized carbons (Fsp3) is 0.700. The maximum absolute atomic E-state index is 12.5. The molecule has 0 spiro atoms. The number of rotatable bonds is 7. The average molecular weight is 270 g/mol. The van der Waals surface area contributed by atoms with Crippen molar-refractivity contribution in [3.63, 3.8) is 0 Å². The molecule has 18 heavy (non-hydrogen) atoms. The summed E-state index contributed by atoms with van der Waals surface area (Å²) in [6.45, 7) is -1.84. The summed E-state index contributed by atoms with van der Waals surface area (Å²) in [5.41, 5.74) is 0.703. The second-order valence-corrected chi connectivity index (χ2v) is 3.96. The minimum atomic E-state index is -4.19. The van der Waals surface area contributed by atoms with Crippen LogP contribution in [0.3, 0.4) is 0 Å². The third kappa shape index (κ3) is 4.61. The van der Waals surface area contributed by atoms with E-state index in [-0.39, 0.29) is 6.42 Å². The van der Waals surface area contributed by atoms with Gasteiger partial charge in [0.05, 0.1) is 18.9 Å². The van der Waals surface area contributed by atoms with Crippen molar-refractivity contribution in [2.24, 2.45) is 7.05 Å². The minimum absolute atomic E-state index is 0.161. The van der Waals surface area contributed by atoms with E-state index in [1.807, 2.05) is 0 Å². The van der Waals surface area contributed by atoms with Crippen LogP contribution >= 0.6 is 0 Å². The molecule has 0 radical (unpaired) electrons. The molecule has 0 aliphatic carbocycles. The number of nitrogens with zero attached hydrogens (tertiary/aromatic N) is 2.